The van der Waals surface area contributed by atoms with E-state index in [1.54, 1.807) is 0 Å². The molecule has 1 aromatic heterocycles. The van der Waals surface area contributed by atoms with E-state index >= 15 is 8.78 Å². The van der Waals surface area contributed by atoms with E-state index < -0.39 is 17.7 Å². The third kappa shape index (κ3) is 4.76. The average Bonchev–Trinajstić information content (AvgIpc) is 3.49. The summed E-state index contributed by atoms with van der Waals surface area (Å²) in [6.45, 7) is 5.09. The van der Waals surface area contributed by atoms with E-state index in [2.05, 4.69) is 27.8 Å². The van der Waals surface area contributed by atoms with Crippen LogP contribution < -0.4 is 4.74 Å². The summed E-state index contributed by atoms with van der Waals surface area (Å²) < 4.78 is 50.0. The Bertz CT molecular complexity index is 1230. The predicted molar refractivity (Wildman–Crippen MR) is 140 cm³/mol. The standard InChI is InChI=1S/C30H36F3N3O/c1-19-12-24-23-8-4-5-9-27(23)34-29(24)30(36(19)18-20-6-2-3-7-20)28-25(32)13-22(14-26(28)33)37-11-10-35-16-21(15-31)17-35/h4-5,8-9,13-14,19-21,30,34H,2-3,6-7,10-12,15-18H2,1H3/t19-,30?/m1/s1. The van der Waals surface area contributed by atoms with Crippen molar-refractivity contribution in [2.75, 3.05) is 39.5 Å². The number of hydrogen-bond acceptors (Lipinski definition) is 3. The van der Waals surface area contributed by atoms with Crippen LogP contribution in [0.15, 0.2) is 36.4 Å². The summed E-state index contributed by atoms with van der Waals surface area (Å²) >= 11 is 0. The first-order valence-electron chi connectivity index (χ1n) is 13.8. The summed E-state index contributed by atoms with van der Waals surface area (Å²) in [5.41, 5.74) is 3.17. The van der Waals surface area contributed by atoms with Gasteiger partial charge in [-0.1, -0.05) is 31.0 Å². The molecule has 2 atom stereocenters. The normalized spacial score (nSPS) is 23.5. The third-order valence-corrected chi connectivity index (χ3v) is 8.71. The number of halogens is 3. The van der Waals surface area contributed by atoms with Crippen molar-refractivity contribution < 1.29 is 17.9 Å². The molecule has 1 N–H and O–H groups in total. The van der Waals surface area contributed by atoms with Crippen molar-refractivity contribution in [2.45, 2.75) is 51.1 Å². The van der Waals surface area contributed by atoms with Crippen LogP contribution in [0.4, 0.5) is 13.2 Å². The molecule has 1 aliphatic carbocycles. The Morgan fingerprint density at radius 1 is 1.03 bits per heavy atom. The van der Waals surface area contributed by atoms with Crippen LogP contribution >= 0.6 is 0 Å². The minimum absolute atomic E-state index is 0.0956. The van der Waals surface area contributed by atoms with Gasteiger partial charge in [-0.15, -0.1) is 0 Å². The zero-order valence-corrected chi connectivity index (χ0v) is 21.5. The first kappa shape index (κ1) is 24.8. The Morgan fingerprint density at radius 3 is 2.49 bits per heavy atom. The van der Waals surface area contributed by atoms with Gasteiger partial charge in [-0.2, -0.15) is 0 Å². The Kier molecular flexibility index (Phi) is 6.93. The Labute approximate surface area is 216 Å². The molecular weight excluding hydrogens is 475 g/mol. The van der Waals surface area contributed by atoms with Gasteiger partial charge >= 0.3 is 0 Å². The van der Waals surface area contributed by atoms with Gasteiger partial charge in [0.1, 0.15) is 24.0 Å². The highest BCUT2D eigenvalue weighted by atomic mass is 19.1. The van der Waals surface area contributed by atoms with Crippen LogP contribution in [-0.4, -0.2) is 60.3 Å². The van der Waals surface area contributed by atoms with Gasteiger partial charge in [-0.05, 0) is 43.7 Å². The van der Waals surface area contributed by atoms with E-state index in [1.165, 1.54) is 37.8 Å². The highest BCUT2D eigenvalue weighted by Gasteiger charge is 2.40. The van der Waals surface area contributed by atoms with Crippen LogP contribution in [0.2, 0.25) is 0 Å². The molecule has 1 saturated heterocycles. The minimum atomic E-state index is -0.573. The van der Waals surface area contributed by atoms with Crippen LogP contribution in [0.5, 0.6) is 5.75 Å². The molecular formula is C30H36F3N3O. The van der Waals surface area contributed by atoms with Gasteiger partial charge in [-0.25, -0.2) is 8.78 Å². The number of fused-ring (bicyclic) bond motifs is 3. The summed E-state index contributed by atoms with van der Waals surface area (Å²) in [5.74, 6) is -0.283. The fourth-order valence-electron chi connectivity index (χ4n) is 6.75. The Hall–Kier alpha value is -2.51. The minimum Gasteiger partial charge on any atom is -0.492 e. The molecule has 37 heavy (non-hydrogen) atoms. The van der Waals surface area contributed by atoms with E-state index in [0.29, 0.717) is 32.2 Å². The molecule has 0 spiro atoms. The van der Waals surface area contributed by atoms with E-state index in [0.717, 1.165) is 35.1 Å². The molecule has 0 bridgehead atoms. The van der Waals surface area contributed by atoms with Gasteiger partial charge in [0.25, 0.3) is 0 Å². The van der Waals surface area contributed by atoms with E-state index in [-0.39, 0.29) is 29.9 Å². The van der Waals surface area contributed by atoms with Crippen molar-refractivity contribution in [2.24, 2.45) is 11.8 Å². The zero-order chi connectivity index (χ0) is 25.5. The first-order chi connectivity index (χ1) is 18.0. The number of alkyl halides is 1. The van der Waals surface area contributed by atoms with Crippen LogP contribution in [-0.2, 0) is 6.42 Å². The van der Waals surface area contributed by atoms with Gasteiger partial charge in [0, 0.05) is 72.4 Å². The number of aromatic nitrogens is 1. The molecule has 198 valence electrons. The Balaban J connectivity index is 1.31. The van der Waals surface area contributed by atoms with Crippen molar-refractivity contribution >= 4 is 10.9 Å². The van der Waals surface area contributed by atoms with Crippen molar-refractivity contribution in [3.05, 3.63) is 64.9 Å². The fraction of sp³-hybridized carbons (Fsp3) is 0.533. The highest BCUT2D eigenvalue weighted by molar-refractivity contribution is 5.85. The smallest absolute Gasteiger partial charge is 0.135 e. The molecule has 3 heterocycles. The molecule has 2 fully saturated rings. The lowest BCUT2D eigenvalue weighted by Gasteiger charge is -2.42. The molecule has 7 heteroatoms. The summed E-state index contributed by atoms with van der Waals surface area (Å²) in [4.78, 5) is 7.95. The number of hydrogen-bond donors (Lipinski definition) is 1. The molecule has 3 aromatic rings. The summed E-state index contributed by atoms with van der Waals surface area (Å²) in [6.07, 6.45) is 5.67. The number of rotatable bonds is 8. The number of para-hydroxylation sites is 1. The molecule has 2 aromatic carbocycles. The first-order valence-corrected chi connectivity index (χ1v) is 13.8. The number of ether oxygens (including phenoxy) is 1. The largest absolute Gasteiger partial charge is 0.492 e. The number of aromatic amines is 1. The third-order valence-electron chi connectivity index (χ3n) is 8.71. The number of H-pyrrole nitrogens is 1. The number of likely N-dealkylation sites (tertiary alicyclic amines) is 1. The molecule has 1 saturated carbocycles. The van der Waals surface area contributed by atoms with Crippen molar-refractivity contribution in [3.63, 3.8) is 0 Å². The molecule has 1 unspecified atom stereocenters. The number of nitrogens with one attached hydrogen (secondary N) is 1. The van der Waals surface area contributed by atoms with Crippen molar-refractivity contribution in [3.8, 4) is 5.75 Å². The van der Waals surface area contributed by atoms with Crippen molar-refractivity contribution in [1.82, 2.24) is 14.8 Å². The van der Waals surface area contributed by atoms with E-state index in [9.17, 15) is 4.39 Å². The topological polar surface area (TPSA) is 31.5 Å². The van der Waals surface area contributed by atoms with Crippen LogP contribution in [0.25, 0.3) is 10.9 Å². The van der Waals surface area contributed by atoms with Crippen LogP contribution in [0.3, 0.4) is 0 Å². The van der Waals surface area contributed by atoms with Crippen molar-refractivity contribution in [1.29, 1.82) is 0 Å². The van der Waals surface area contributed by atoms with Gasteiger partial charge in [-0.3, -0.25) is 14.2 Å². The van der Waals surface area contributed by atoms with Gasteiger partial charge in [0.2, 0.25) is 0 Å². The van der Waals surface area contributed by atoms with Gasteiger partial charge in [0.05, 0.1) is 12.7 Å². The highest BCUT2D eigenvalue weighted by Crippen LogP contribution is 2.44. The van der Waals surface area contributed by atoms with Gasteiger partial charge in [0.15, 0.2) is 0 Å². The monoisotopic (exact) mass is 511 g/mol. The lowest BCUT2D eigenvalue weighted by atomic mass is 9.87. The number of nitrogens with zero attached hydrogens (tertiary/aromatic N) is 2. The molecule has 0 amide bonds. The summed E-state index contributed by atoms with van der Waals surface area (Å²) in [7, 11) is 0. The lowest BCUT2D eigenvalue weighted by Crippen LogP contribution is -2.49. The molecule has 2 aliphatic heterocycles. The zero-order valence-electron chi connectivity index (χ0n) is 21.5. The maximum Gasteiger partial charge on any atom is 0.135 e. The van der Waals surface area contributed by atoms with Crippen LogP contribution in [0, 0.1) is 23.5 Å². The predicted octanol–water partition coefficient (Wildman–Crippen LogP) is 6.25. The molecule has 0 radical (unpaired) electrons. The summed E-state index contributed by atoms with van der Waals surface area (Å²) in [6, 6.07) is 10.4. The molecule has 6 rings (SSSR count). The second kappa shape index (κ2) is 10.3. The number of benzene rings is 2. The van der Waals surface area contributed by atoms with E-state index in [1.807, 2.05) is 18.2 Å². The molecule has 4 nitrogen and oxygen atoms in total. The van der Waals surface area contributed by atoms with Crippen LogP contribution in [0.1, 0.15) is 55.5 Å². The maximum absolute atomic E-state index is 15.8. The van der Waals surface area contributed by atoms with Gasteiger partial charge < -0.3 is 9.72 Å². The second-order valence-corrected chi connectivity index (χ2v) is 11.3. The quantitative estimate of drug-likeness (QED) is 0.388. The summed E-state index contributed by atoms with van der Waals surface area (Å²) in [5, 5.41) is 1.14. The average molecular weight is 512 g/mol. The molecule has 3 aliphatic rings. The fourth-order valence-corrected chi connectivity index (χ4v) is 6.75. The Morgan fingerprint density at radius 2 is 1.76 bits per heavy atom. The SMILES string of the molecule is C[C@@H]1Cc2c([nH]c3ccccc23)C(c2c(F)cc(OCCN3CC(CF)C3)cc2F)N1CC1CCCC1. The van der Waals surface area contributed by atoms with E-state index in [4.69, 9.17) is 4.74 Å². The second-order valence-electron chi connectivity index (χ2n) is 11.3. The lowest BCUT2D eigenvalue weighted by molar-refractivity contribution is 0.0667. The maximum atomic E-state index is 15.8.